The second kappa shape index (κ2) is 12.6. The summed E-state index contributed by atoms with van der Waals surface area (Å²) in [7, 11) is 0. The lowest BCUT2D eigenvalue weighted by molar-refractivity contribution is -0.113. The highest BCUT2D eigenvalue weighted by molar-refractivity contribution is 7.99. The molecule has 0 radical (unpaired) electrons. The maximum atomic E-state index is 13.3. The van der Waals surface area contributed by atoms with Crippen LogP contribution in [-0.2, 0) is 30.7 Å². The summed E-state index contributed by atoms with van der Waals surface area (Å²) in [5.74, 6) is 0.384. The van der Waals surface area contributed by atoms with Crippen molar-refractivity contribution in [2.75, 3.05) is 11.1 Å². The number of benzene rings is 2. The Balaban J connectivity index is 1.29. The number of thioether (sulfide) groups is 1. The van der Waals surface area contributed by atoms with E-state index in [0.29, 0.717) is 44.7 Å². The molecule has 2 heterocycles. The van der Waals surface area contributed by atoms with Gasteiger partial charge in [-0.2, -0.15) is 0 Å². The van der Waals surface area contributed by atoms with Crippen molar-refractivity contribution >= 4 is 63.1 Å². The third-order valence-corrected chi connectivity index (χ3v) is 9.21. The number of aryl methyl sites for hydroxylation is 1. The van der Waals surface area contributed by atoms with Crippen molar-refractivity contribution in [1.29, 1.82) is 0 Å². The van der Waals surface area contributed by atoms with Crippen LogP contribution in [-0.4, -0.2) is 32.3 Å². The quantitative estimate of drug-likeness (QED) is 0.205. The monoisotopic (exact) mass is 599 g/mol. The van der Waals surface area contributed by atoms with E-state index < -0.39 is 0 Å². The molecule has 0 bridgehead atoms. The van der Waals surface area contributed by atoms with Crippen LogP contribution in [0.25, 0.3) is 11.4 Å². The van der Waals surface area contributed by atoms with Gasteiger partial charge in [0.25, 0.3) is 5.91 Å². The lowest BCUT2D eigenvalue weighted by atomic mass is 9.95. The van der Waals surface area contributed by atoms with E-state index in [9.17, 15) is 9.59 Å². The topological polar surface area (TPSA) is 88.9 Å². The molecule has 11 heteroatoms. The summed E-state index contributed by atoms with van der Waals surface area (Å²) in [4.78, 5) is 27.6. The van der Waals surface area contributed by atoms with Gasteiger partial charge in [0.1, 0.15) is 5.00 Å². The van der Waals surface area contributed by atoms with Gasteiger partial charge in [0.15, 0.2) is 11.0 Å². The average Bonchev–Trinajstić information content (AvgIpc) is 3.51. The number of anilines is 1. The van der Waals surface area contributed by atoms with E-state index >= 15 is 0 Å². The Morgan fingerprint density at radius 2 is 1.87 bits per heavy atom. The number of hydrogen-bond donors (Lipinski definition) is 2. The largest absolute Gasteiger partial charge is 0.348 e. The summed E-state index contributed by atoms with van der Waals surface area (Å²) < 4.78 is 1.92. The number of thiophene rings is 1. The van der Waals surface area contributed by atoms with E-state index in [1.165, 1.54) is 28.0 Å². The number of fused-ring (bicyclic) bond motifs is 1. The number of nitrogens with one attached hydrogen (secondary N) is 2. The first-order valence-corrected chi connectivity index (χ1v) is 15.3. The molecule has 2 aromatic carbocycles. The van der Waals surface area contributed by atoms with Crippen LogP contribution >= 0.6 is 46.3 Å². The Morgan fingerprint density at radius 3 is 2.64 bits per heavy atom. The maximum absolute atomic E-state index is 13.3. The summed E-state index contributed by atoms with van der Waals surface area (Å²) >= 11 is 15.2. The van der Waals surface area contributed by atoms with Gasteiger partial charge in [-0.05, 0) is 61.9 Å². The van der Waals surface area contributed by atoms with Gasteiger partial charge >= 0.3 is 0 Å². The molecule has 0 saturated carbocycles. The lowest BCUT2D eigenvalue weighted by Crippen LogP contribution is -2.25. The van der Waals surface area contributed by atoms with Gasteiger partial charge in [0, 0.05) is 28.6 Å². The first-order chi connectivity index (χ1) is 18.9. The first kappa shape index (κ1) is 27.7. The van der Waals surface area contributed by atoms with E-state index in [0.717, 1.165) is 42.4 Å². The number of aromatic nitrogens is 3. The zero-order valence-corrected chi connectivity index (χ0v) is 24.4. The first-order valence-electron chi connectivity index (χ1n) is 12.7. The van der Waals surface area contributed by atoms with Crippen LogP contribution in [0.5, 0.6) is 0 Å². The molecule has 1 aliphatic rings. The maximum Gasteiger partial charge on any atom is 0.254 e. The van der Waals surface area contributed by atoms with Crippen molar-refractivity contribution in [3.8, 4) is 11.4 Å². The fourth-order valence-corrected chi connectivity index (χ4v) is 7.20. The second-order valence-electron chi connectivity index (χ2n) is 9.09. The van der Waals surface area contributed by atoms with E-state index in [4.69, 9.17) is 23.2 Å². The van der Waals surface area contributed by atoms with Gasteiger partial charge in [0.2, 0.25) is 5.91 Å². The van der Waals surface area contributed by atoms with Gasteiger partial charge in [-0.25, -0.2) is 0 Å². The van der Waals surface area contributed by atoms with Gasteiger partial charge in [-0.1, -0.05) is 65.3 Å². The normalized spacial score (nSPS) is 12.7. The summed E-state index contributed by atoms with van der Waals surface area (Å²) in [6.07, 6.45) is 3.91. The summed E-state index contributed by atoms with van der Waals surface area (Å²) in [6.45, 7) is 3.02. The second-order valence-corrected chi connectivity index (χ2v) is 12.0. The molecular formula is C28H27Cl2N5O2S2. The highest BCUT2D eigenvalue weighted by atomic mass is 35.5. The van der Waals surface area contributed by atoms with Crippen LogP contribution in [0.2, 0.25) is 10.0 Å². The fourth-order valence-electron chi connectivity index (χ4n) is 4.60. The van der Waals surface area contributed by atoms with E-state index in [1.807, 2.05) is 47.9 Å². The molecule has 2 aromatic heterocycles. The highest BCUT2D eigenvalue weighted by Gasteiger charge is 2.26. The summed E-state index contributed by atoms with van der Waals surface area (Å²) in [6, 6.07) is 15.0. The molecule has 0 spiro atoms. The van der Waals surface area contributed by atoms with Crippen molar-refractivity contribution in [3.05, 3.63) is 80.1 Å². The fraction of sp³-hybridized carbons (Fsp3) is 0.286. The van der Waals surface area contributed by atoms with Crippen LogP contribution in [0.15, 0.2) is 53.7 Å². The van der Waals surface area contributed by atoms with Gasteiger partial charge in [-0.3, -0.25) is 9.59 Å². The Bertz CT molecular complexity index is 1500. The lowest BCUT2D eigenvalue weighted by Gasteiger charge is -2.13. The smallest absolute Gasteiger partial charge is 0.254 e. The third-order valence-electron chi connectivity index (χ3n) is 6.48. The predicted molar refractivity (Wildman–Crippen MR) is 159 cm³/mol. The molecule has 2 amide bonds. The molecule has 1 aliphatic carbocycles. The third kappa shape index (κ3) is 6.32. The zero-order valence-electron chi connectivity index (χ0n) is 21.3. The minimum absolute atomic E-state index is 0.125. The predicted octanol–water partition coefficient (Wildman–Crippen LogP) is 6.87. The highest BCUT2D eigenvalue weighted by Crippen LogP contribution is 2.38. The molecular weight excluding hydrogens is 573 g/mol. The van der Waals surface area contributed by atoms with Crippen molar-refractivity contribution < 1.29 is 9.59 Å². The zero-order chi connectivity index (χ0) is 27.4. The van der Waals surface area contributed by atoms with Crippen LogP contribution in [0.4, 0.5) is 5.00 Å². The molecule has 0 unspecified atom stereocenters. The number of amides is 2. The number of carbonyl (C=O) groups is 2. The van der Waals surface area contributed by atoms with Crippen molar-refractivity contribution in [3.63, 3.8) is 0 Å². The Kier molecular flexibility index (Phi) is 8.92. The van der Waals surface area contributed by atoms with Crippen LogP contribution in [0.1, 0.15) is 46.1 Å². The average molecular weight is 601 g/mol. The van der Waals surface area contributed by atoms with Gasteiger partial charge in [-0.15, -0.1) is 21.5 Å². The number of rotatable bonds is 9. The van der Waals surface area contributed by atoms with E-state index in [2.05, 4.69) is 20.8 Å². The molecule has 39 heavy (non-hydrogen) atoms. The molecule has 0 saturated heterocycles. The molecule has 0 fully saturated rings. The van der Waals surface area contributed by atoms with Crippen LogP contribution in [0.3, 0.4) is 0 Å². The molecule has 7 nitrogen and oxygen atoms in total. The van der Waals surface area contributed by atoms with Crippen LogP contribution in [0, 0.1) is 0 Å². The Hall–Kier alpha value is -2.85. The summed E-state index contributed by atoms with van der Waals surface area (Å²) in [5, 5.41) is 16.9. The van der Waals surface area contributed by atoms with E-state index in [1.54, 1.807) is 12.1 Å². The van der Waals surface area contributed by atoms with E-state index in [-0.39, 0.29) is 17.6 Å². The molecule has 5 rings (SSSR count). The number of carbonyl (C=O) groups excluding carboxylic acids is 2. The van der Waals surface area contributed by atoms with Gasteiger partial charge < -0.3 is 15.2 Å². The number of nitrogens with zero attached hydrogens (tertiary/aromatic N) is 3. The minimum atomic E-state index is -0.201. The van der Waals surface area contributed by atoms with Crippen molar-refractivity contribution in [2.45, 2.75) is 50.9 Å². The molecule has 202 valence electrons. The Labute approximate surface area is 245 Å². The SMILES string of the molecule is CCn1c(SCC(=O)Nc2sc3c(c2C(=O)NCc2ccccc2)CCCC3)nnc1-c1ccc(Cl)cc1Cl. The number of halogens is 2. The van der Waals surface area contributed by atoms with Gasteiger partial charge in [0.05, 0.1) is 16.3 Å². The minimum Gasteiger partial charge on any atom is -0.348 e. The Morgan fingerprint density at radius 1 is 1.08 bits per heavy atom. The molecule has 0 aliphatic heterocycles. The van der Waals surface area contributed by atoms with Crippen molar-refractivity contribution in [2.24, 2.45) is 0 Å². The molecule has 2 N–H and O–H groups in total. The summed E-state index contributed by atoms with van der Waals surface area (Å²) in [5.41, 5.74) is 3.41. The van der Waals surface area contributed by atoms with Crippen molar-refractivity contribution in [1.82, 2.24) is 20.1 Å². The molecule has 4 aromatic rings. The van der Waals surface area contributed by atoms with Crippen LogP contribution < -0.4 is 10.6 Å². The molecule has 0 atom stereocenters. The standard InChI is InChI=1S/C28H27Cl2N5O2S2/c1-2-35-25(19-13-12-18(29)14-21(19)30)33-34-28(35)38-16-23(36)32-27-24(20-10-6-7-11-22(20)39-27)26(37)31-15-17-8-4-3-5-9-17/h3-5,8-9,12-14H,2,6-7,10-11,15-16H2,1H3,(H,31,37)(H,32,36). The number of hydrogen-bond acceptors (Lipinski definition) is 6.